The molecule has 1 saturated heterocycles. The highest BCUT2D eigenvalue weighted by Crippen LogP contribution is 2.30. The van der Waals surface area contributed by atoms with Crippen molar-refractivity contribution >= 4 is 17.8 Å². The van der Waals surface area contributed by atoms with Crippen molar-refractivity contribution in [3.8, 4) is 11.3 Å². The van der Waals surface area contributed by atoms with Crippen LogP contribution in [-0.2, 0) is 22.6 Å². The second-order valence-corrected chi connectivity index (χ2v) is 6.23. The molecular weight excluding hydrogens is 343 g/mol. The summed E-state index contributed by atoms with van der Waals surface area (Å²) in [4.78, 5) is 36.9. The zero-order valence-corrected chi connectivity index (χ0v) is 13.6. The van der Waals surface area contributed by atoms with E-state index in [2.05, 4.69) is 15.8 Å². The van der Waals surface area contributed by atoms with Gasteiger partial charge >= 0.3 is 6.03 Å². The summed E-state index contributed by atoms with van der Waals surface area (Å²) in [5, 5.41) is 8.54. The second-order valence-electron chi connectivity index (χ2n) is 6.23. The third kappa shape index (κ3) is 2.92. The van der Waals surface area contributed by atoms with Gasteiger partial charge in [-0.3, -0.25) is 14.9 Å². The summed E-state index contributed by atoms with van der Waals surface area (Å²) in [6.07, 6.45) is 0.361. The predicted molar refractivity (Wildman–Crippen MR) is 86.1 cm³/mol. The molecule has 4 rings (SSSR count). The van der Waals surface area contributed by atoms with Crippen molar-refractivity contribution in [1.82, 2.24) is 20.7 Å². The van der Waals surface area contributed by atoms with Gasteiger partial charge in [-0.15, -0.1) is 0 Å². The van der Waals surface area contributed by atoms with Crippen LogP contribution < -0.4 is 10.6 Å². The average Bonchev–Trinajstić information content (AvgIpc) is 3.17. The molecule has 1 aromatic carbocycles. The number of imide groups is 1. The molecule has 0 bridgehead atoms. The van der Waals surface area contributed by atoms with Gasteiger partial charge in [-0.25, -0.2) is 9.18 Å². The molecule has 2 aliphatic heterocycles. The van der Waals surface area contributed by atoms with Crippen molar-refractivity contribution in [3.05, 3.63) is 41.4 Å². The largest absolute Gasteiger partial charge is 0.360 e. The smallest absolute Gasteiger partial charge is 0.322 e. The SMILES string of the molecule is O=C1NC(=O)[C@H](CC(=O)N2CCc3onc(-c4cccc(F)c4)c3C2)N1. The zero-order valence-electron chi connectivity index (χ0n) is 13.6. The minimum absolute atomic E-state index is 0.118. The fraction of sp³-hybridized carbons (Fsp3) is 0.294. The number of hydrogen-bond acceptors (Lipinski definition) is 5. The van der Waals surface area contributed by atoms with Crippen LogP contribution in [0.5, 0.6) is 0 Å². The number of benzene rings is 1. The molecule has 0 saturated carbocycles. The highest BCUT2D eigenvalue weighted by molar-refractivity contribution is 6.05. The molecule has 1 aromatic heterocycles. The number of aromatic nitrogens is 1. The van der Waals surface area contributed by atoms with E-state index in [9.17, 15) is 18.8 Å². The highest BCUT2D eigenvalue weighted by atomic mass is 19.1. The molecule has 0 radical (unpaired) electrons. The van der Waals surface area contributed by atoms with Gasteiger partial charge in [0.25, 0.3) is 5.91 Å². The first-order valence-corrected chi connectivity index (χ1v) is 8.14. The maximum Gasteiger partial charge on any atom is 0.322 e. The van der Waals surface area contributed by atoms with Crippen LogP contribution >= 0.6 is 0 Å². The Hall–Kier alpha value is -3.23. The molecule has 3 heterocycles. The number of fused-ring (bicyclic) bond motifs is 1. The first-order valence-electron chi connectivity index (χ1n) is 8.14. The molecule has 0 aliphatic carbocycles. The standard InChI is InChI=1S/C17H15FN4O4/c18-10-3-1-2-9(6-10)15-11-8-22(5-4-13(11)26-21-15)14(23)7-12-16(24)20-17(25)19-12/h1-3,6,12H,4-5,7-8H2,(H2,19,20,24,25)/t12-/m0/s1. The summed E-state index contributed by atoms with van der Waals surface area (Å²) >= 11 is 0. The Bertz CT molecular complexity index is 910. The fourth-order valence-corrected chi connectivity index (χ4v) is 3.19. The summed E-state index contributed by atoms with van der Waals surface area (Å²) < 4.78 is 18.8. The number of carbonyl (C=O) groups excluding carboxylic acids is 3. The van der Waals surface area contributed by atoms with Crippen molar-refractivity contribution in [2.75, 3.05) is 6.54 Å². The molecule has 9 heteroatoms. The quantitative estimate of drug-likeness (QED) is 0.796. The second kappa shape index (κ2) is 6.25. The molecule has 2 aromatic rings. The number of carbonyl (C=O) groups is 3. The molecule has 0 unspecified atom stereocenters. The summed E-state index contributed by atoms with van der Waals surface area (Å²) in [7, 11) is 0. The maximum absolute atomic E-state index is 13.5. The van der Waals surface area contributed by atoms with Gasteiger partial charge in [-0.1, -0.05) is 17.3 Å². The van der Waals surface area contributed by atoms with Gasteiger partial charge in [0.2, 0.25) is 5.91 Å². The van der Waals surface area contributed by atoms with E-state index in [4.69, 9.17) is 4.52 Å². The van der Waals surface area contributed by atoms with Crippen LogP contribution in [0.15, 0.2) is 28.8 Å². The third-order valence-corrected chi connectivity index (χ3v) is 4.52. The number of halogens is 1. The molecule has 4 amide bonds. The minimum atomic E-state index is -0.860. The monoisotopic (exact) mass is 358 g/mol. The van der Waals surface area contributed by atoms with Gasteiger partial charge in [0.05, 0.1) is 13.0 Å². The number of nitrogens with zero attached hydrogens (tertiary/aromatic N) is 2. The number of nitrogens with one attached hydrogen (secondary N) is 2. The Labute approximate surface area is 147 Å². The van der Waals surface area contributed by atoms with Crippen molar-refractivity contribution in [2.24, 2.45) is 0 Å². The van der Waals surface area contributed by atoms with Gasteiger partial charge in [-0.05, 0) is 12.1 Å². The Morgan fingerprint density at radius 1 is 1.38 bits per heavy atom. The Kier molecular flexibility index (Phi) is 3.90. The molecule has 8 nitrogen and oxygen atoms in total. The van der Waals surface area contributed by atoms with E-state index in [1.165, 1.54) is 12.1 Å². The van der Waals surface area contributed by atoms with Crippen LogP contribution in [0.1, 0.15) is 17.7 Å². The Morgan fingerprint density at radius 2 is 2.23 bits per heavy atom. The van der Waals surface area contributed by atoms with Crippen molar-refractivity contribution < 1.29 is 23.3 Å². The zero-order chi connectivity index (χ0) is 18.3. The van der Waals surface area contributed by atoms with Crippen LogP contribution in [0.3, 0.4) is 0 Å². The van der Waals surface area contributed by atoms with E-state index in [1.54, 1.807) is 17.0 Å². The van der Waals surface area contributed by atoms with Crippen LogP contribution in [0.4, 0.5) is 9.18 Å². The Balaban J connectivity index is 1.52. The lowest BCUT2D eigenvalue weighted by Crippen LogP contribution is -2.41. The first kappa shape index (κ1) is 16.2. The van der Waals surface area contributed by atoms with E-state index in [0.717, 1.165) is 5.56 Å². The molecule has 134 valence electrons. The molecule has 2 aliphatic rings. The Morgan fingerprint density at radius 3 is 2.96 bits per heavy atom. The number of urea groups is 1. The summed E-state index contributed by atoms with van der Waals surface area (Å²) in [5.74, 6) is -0.484. The van der Waals surface area contributed by atoms with E-state index in [0.29, 0.717) is 30.0 Å². The lowest BCUT2D eigenvalue weighted by atomic mass is 10.0. The minimum Gasteiger partial charge on any atom is -0.360 e. The van der Waals surface area contributed by atoms with Gasteiger partial charge in [0, 0.05) is 24.1 Å². The van der Waals surface area contributed by atoms with Crippen LogP contribution in [0, 0.1) is 5.82 Å². The molecule has 26 heavy (non-hydrogen) atoms. The molecule has 0 spiro atoms. The third-order valence-electron chi connectivity index (χ3n) is 4.52. The van der Waals surface area contributed by atoms with Crippen molar-refractivity contribution in [1.29, 1.82) is 0 Å². The fourth-order valence-electron chi connectivity index (χ4n) is 3.19. The van der Waals surface area contributed by atoms with Crippen molar-refractivity contribution in [2.45, 2.75) is 25.4 Å². The van der Waals surface area contributed by atoms with E-state index >= 15 is 0 Å². The lowest BCUT2D eigenvalue weighted by molar-refractivity contribution is -0.134. The van der Waals surface area contributed by atoms with E-state index < -0.39 is 18.0 Å². The highest BCUT2D eigenvalue weighted by Gasteiger charge is 2.34. The predicted octanol–water partition coefficient (Wildman–Crippen LogP) is 0.964. The van der Waals surface area contributed by atoms with Gasteiger partial charge in [0.15, 0.2) is 0 Å². The van der Waals surface area contributed by atoms with Crippen LogP contribution in [0.2, 0.25) is 0 Å². The van der Waals surface area contributed by atoms with Gasteiger partial charge < -0.3 is 14.7 Å². The lowest BCUT2D eigenvalue weighted by Gasteiger charge is -2.27. The van der Waals surface area contributed by atoms with Crippen molar-refractivity contribution in [3.63, 3.8) is 0 Å². The van der Waals surface area contributed by atoms with Crippen LogP contribution in [0.25, 0.3) is 11.3 Å². The van der Waals surface area contributed by atoms with E-state index in [-0.39, 0.29) is 24.7 Å². The number of rotatable bonds is 3. The summed E-state index contributed by atoms with van der Waals surface area (Å²) in [6.45, 7) is 0.678. The van der Waals surface area contributed by atoms with Crippen LogP contribution in [-0.4, -0.2) is 40.5 Å². The van der Waals surface area contributed by atoms with Gasteiger partial charge in [-0.2, -0.15) is 0 Å². The molecule has 1 atom stereocenters. The average molecular weight is 358 g/mol. The maximum atomic E-state index is 13.5. The summed E-state index contributed by atoms with van der Waals surface area (Å²) in [5.41, 5.74) is 1.81. The topological polar surface area (TPSA) is 105 Å². The molecule has 2 N–H and O–H groups in total. The number of amides is 4. The van der Waals surface area contributed by atoms with Gasteiger partial charge in [0.1, 0.15) is 23.3 Å². The normalized spacial score (nSPS) is 19.1. The molecule has 1 fully saturated rings. The summed E-state index contributed by atoms with van der Waals surface area (Å²) in [6, 6.07) is 4.55. The van der Waals surface area contributed by atoms with E-state index in [1.807, 2.05) is 0 Å². The first-order chi connectivity index (χ1) is 12.5. The molecular formula is C17H15FN4O4. The number of hydrogen-bond donors (Lipinski definition) is 2.